The van der Waals surface area contributed by atoms with Gasteiger partial charge in [0.1, 0.15) is 0 Å². The number of para-hydroxylation sites is 1. The van der Waals surface area contributed by atoms with Crippen molar-refractivity contribution in [3.8, 4) is 0 Å². The van der Waals surface area contributed by atoms with E-state index in [-0.39, 0.29) is 22.4 Å². The molecule has 2 aromatic rings. The summed E-state index contributed by atoms with van der Waals surface area (Å²) >= 11 is 0. The molecule has 8 heteroatoms. The Morgan fingerprint density at radius 3 is 2.16 bits per heavy atom. The molecule has 2 rings (SSSR count). The van der Waals surface area contributed by atoms with Crippen LogP contribution in [0.2, 0.25) is 0 Å². The van der Waals surface area contributed by atoms with Gasteiger partial charge in [-0.3, -0.25) is 4.79 Å². The van der Waals surface area contributed by atoms with Crippen LogP contribution in [0.1, 0.15) is 69.3 Å². The lowest BCUT2D eigenvalue weighted by Crippen LogP contribution is -2.32. The first-order valence-corrected chi connectivity index (χ1v) is 12.3. The highest BCUT2D eigenvalue weighted by molar-refractivity contribution is 7.89. The first-order chi connectivity index (χ1) is 15.1. The van der Waals surface area contributed by atoms with E-state index in [4.69, 9.17) is 4.74 Å². The van der Waals surface area contributed by atoms with E-state index < -0.39 is 28.0 Å². The average Bonchev–Trinajstić information content (AvgIpc) is 2.78. The fourth-order valence-electron chi connectivity index (χ4n) is 2.96. The Labute approximate surface area is 190 Å². The number of amides is 1. The van der Waals surface area contributed by atoms with Gasteiger partial charge in [-0.1, -0.05) is 39.0 Å². The molecule has 2 N–H and O–H groups in total. The molecule has 3 unspecified atom stereocenters. The molecule has 0 bridgehead atoms. The predicted octanol–water partition coefficient (Wildman–Crippen LogP) is 4.46. The Balaban J connectivity index is 2.04. The van der Waals surface area contributed by atoms with Crippen molar-refractivity contribution >= 4 is 27.6 Å². The Kier molecular flexibility index (Phi) is 8.98. The van der Waals surface area contributed by atoms with Gasteiger partial charge in [0.15, 0.2) is 6.10 Å². The molecule has 0 aliphatic carbocycles. The summed E-state index contributed by atoms with van der Waals surface area (Å²) in [6, 6.07) is 12.8. The van der Waals surface area contributed by atoms with Crippen molar-refractivity contribution in [2.75, 3.05) is 5.32 Å². The average molecular weight is 461 g/mol. The third-order valence-electron chi connectivity index (χ3n) is 5.38. The van der Waals surface area contributed by atoms with Gasteiger partial charge in [0.25, 0.3) is 5.91 Å². The van der Waals surface area contributed by atoms with Gasteiger partial charge in [0.2, 0.25) is 10.0 Å². The molecular weight excluding hydrogens is 428 g/mol. The topological polar surface area (TPSA) is 102 Å². The molecule has 174 valence electrons. The summed E-state index contributed by atoms with van der Waals surface area (Å²) in [4.78, 5) is 25.1. The highest BCUT2D eigenvalue weighted by atomic mass is 32.2. The lowest BCUT2D eigenvalue weighted by atomic mass is 9.97. The van der Waals surface area contributed by atoms with Crippen LogP contribution in [0.25, 0.3) is 0 Å². The standard InChI is InChI=1S/C24H32N2O5S/c1-6-16(3)21-10-8-9-11-22(21)25-23(27)18(5)31-24(28)19-12-14-20(15-13-19)32(29,30)26-17(4)7-2/h8-18,26H,6-7H2,1-5H3,(H,25,27). The molecule has 3 atom stereocenters. The number of anilines is 1. The number of carbonyl (C=O) groups excluding carboxylic acids is 2. The van der Waals surface area contributed by atoms with Gasteiger partial charge in [-0.05, 0) is 68.5 Å². The Hall–Kier alpha value is -2.71. The minimum absolute atomic E-state index is 0.0572. The highest BCUT2D eigenvalue weighted by Crippen LogP contribution is 2.26. The number of hydrogen-bond acceptors (Lipinski definition) is 5. The molecule has 1 amide bonds. The molecular formula is C24H32N2O5S. The summed E-state index contributed by atoms with van der Waals surface area (Å²) in [6.45, 7) is 9.30. The second-order valence-electron chi connectivity index (χ2n) is 7.89. The second kappa shape index (κ2) is 11.2. The lowest BCUT2D eigenvalue weighted by molar-refractivity contribution is -0.123. The van der Waals surface area contributed by atoms with Crippen molar-refractivity contribution in [3.63, 3.8) is 0 Å². The van der Waals surface area contributed by atoms with Gasteiger partial charge in [-0.25, -0.2) is 17.9 Å². The molecule has 0 saturated heterocycles. The highest BCUT2D eigenvalue weighted by Gasteiger charge is 2.22. The van der Waals surface area contributed by atoms with Gasteiger partial charge < -0.3 is 10.1 Å². The van der Waals surface area contributed by atoms with E-state index in [2.05, 4.69) is 23.9 Å². The number of rotatable bonds is 10. The van der Waals surface area contributed by atoms with E-state index >= 15 is 0 Å². The lowest BCUT2D eigenvalue weighted by Gasteiger charge is -2.18. The fraction of sp³-hybridized carbons (Fsp3) is 0.417. The third kappa shape index (κ3) is 6.64. The van der Waals surface area contributed by atoms with Crippen LogP contribution in [0.5, 0.6) is 0 Å². The van der Waals surface area contributed by atoms with E-state index in [1.54, 1.807) is 6.92 Å². The Morgan fingerprint density at radius 1 is 0.938 bits per heavy atom. The quantitative estimate of drug-likeness (QED) is 0.510. The minimum Gasteiger partial charge on any atom is -0.449 e. The van der Waals surface area contributed by atoms with E-state index in [1.807, 2.05) is 31.2 Å². The molecule has 0 aliphatic heterocycles. The second-order valence-corrected chi connectivity index (χ2v) is 9.60. The van der Waals surface area contributed by atoms with Gasteiger partial charge in [0, 0.05) is 11.7 Å². The maximum absolute atomic E-state index is 12.6. The van der Waals surface area contributed by atoms with E-state index in [1.165, 1.54) is 31.2 Å². The number of carbonyl (C=O) groups is 2. The van der Waals surface area contributed by atoms with Gasteiger partial charge in [-0.2, -0.15) is 0 Å². The maximum atomic E-state index is 12.6. The van der Waals surface area contributed by atoms with Crippen LogP contribution < -0.4 is 10.0 Å². The number of ether oxygens (including phenoxy) is 1. The fourth-order valence-corrected chi connectivity index (χ4v) is 4.29. The van der Waals surface area contributed by atoms with Crippen molar-refractivity contribution in [2.45, 2.75) is 70.4 Å². The van der Waals surface area contributed by atoms with Gasteiger partial charge >= 0.3 is 5.97 Å². The van der Waals surface area contributed by atoms with Crippen molar-refractivity contribution in [1.29, 1.82) is 0 Å². The number of hydrogen-bond donors (Lipinski definition) is 2. The van der Waals surface area contributed by atoms with Crippen LogP contribution in [-0.4, -0.2) is 32.4 Å². The molecule has 0 fully saturated rings. The molecule has 7 nitrogen and oxygen atoms in total. The Bertz CT molecular complexity index is 1030. The van der Waals surface area contributed by atoms with Crippen LogP contribution in [0.3, 0.4) is 0 Å². The van der Waals surface area contributed by atoms with E-state index in [0.717, 1.165) is 12.0 Å². The molecule has 0 saturated carbocycles. The van der Waals surface area contributed by atoms with Crippen LogP contribution in [0.15, 0.2) is 53.4 Å². The summed E-state index contributed by atoms with van der Waals surface area (Å²) in [5.41, 5.74) is 1.87. The first kappa shape index (κ1) is 25.5. The summed E-state index contributed by atoms with van der Waals surface area (Å²) in [6.07, 6.45) is 0.560. The van der Waals surface area contributed by atoms with Crippen LogP contribution in [-0.2, 0) is 19.6 Å². The minimum atomic E-state index is -3.66. The van der Waals surface area contributed by atoms with Crippen molar-refractivity contribution in [1.82, 2.24) is 4.72 Å². The summed E-state index contributed by atoms with van der Waals surface area (Å²) < 4.78 is 32.5. The number of sulfonamides is 1. The molecule has 0 aliphatic rings. The van der Waals surface area contributed by atoms with Crippen LogP contribution in [0, 0.1) is 0 Å². The summed E-state index contributed by atoms with van der Waals surface area (Å²) in [5, 5.41) is 2.83. The molecule has 0 radical (unpaired) electrons. The third-order valence-corrected chi connectivity index (χ3v) is 6.99. The van der Waals surface area contributed by atoms with Crippen LogP contribution in [0.4, 0.5) is 5.69 Å². The summed E-state index contributed by atoms with van der Waals surface area (Å²) in [5.74, 6) is -0.873. The molecule has 32 heavy (non-hydrogen) atoms. The largest absolute Gasteiger partial charge is 0.449 e. The zero-order valence-electron chi connectivity index (χ0n) is 19.2. The monoisotopic (exact) mass is 460 g/mol. The van der Waals surface area contributed by atoms with Crippen molar-refractivity contribution < 1.29 is 22.7 Å². The first-order valence-electron chi connectivity index (χ1n) is 10.8. The van der Waals surface area contributed by atoms with Gasteiger partial charge in [-0.15, -0.1) is 0 Å². The SMILES string of the molecule is CCC(C)NS(=O)(=O)c1ccc(C(=O)OC(C)C(=O)Nc2ccccc2C(C)CC)cc1. The summed E-state index contributed by atoms with van der Waals surface area (Å²) in [7, 11) is -3.66. The van der Waals surface area contributed by atoms with Crippen LogP contribution >= 0.6 is 0 Å². The molecule has 2 aromatic carbocycles. The van der Waals surface area contributed by atoms with E-state index in [9.17, 15) is 18.0 Å². The van der Waals surface area contributed by atoms with Gasteiger partial charge in [0.05, 0.1) is 10.5 Å². The molecule has 0 heterocycles. The zero-order valence-corrected chi connectivity index (χ0v) is 20.0. The maximum Gasteiger partial charge on any atom is 0.338 e. The van der Waals surface area contributed by atoms with Crippen molar-refractivity contribution in [2.24, 2.45) is 0 Å². The zero-order chi connectivity index (χ0) is 23.9. The molecule has 0 spiro atoms. The number of esters is 1. The van der Waals surface area contributed by atoms with Crippen molar-refractivity contribution in [3.05, 3.63) is 59.7 Å². The Morgan fingerprint density at radius 2 is 1.56 bits per heavy atom. The number of benzene rings is 2. The smallest absolute Gasteiger partial charge is 0.338 e. The number of nitrogens with one attached hydrogen (secondary N) is 2. The van der Waals surface area contributed by atoms with E-state index in [0.29, 0.717) is 12.1 Å². The normalized spacial score (nSPS) is 14.3. The molecule has 0 aromatic heterocycles. The predicted molar refractivity (Wildman–Crippen MR) is 125 cm³/mol.